The van der Waals surface area contributed by atoms with Crippen LogP contribution in [0.15, 0.2) is 29.4 Å². The fraction of sp³-hybridized carbons (Fsp3) is 0.429. The summed E-state index contributed by atoms with van der Waals surface area (Å²) in [5.74, 6) is -0.0252. The van der Waals surface area contributed by atoms with Gasteiger partial charge in [0.1, 0.15) is 0 Å². The van der Waals surface area contributed by atoms with Crippen molar-refractivity contribution in [2.45, 2.75) is 20.4 Å². The van der Waals surface area contributed by atoms with Gasteiger partial charge in [-0.3, -0.25) is 0 Å². The molecular weight excluding hydrogens is 242 g/mol. The first kappa shape index (κ1) is 13.5. The Morgan fingerprint density at radius 1 is 1.26 bits per heavy atom. The maximum absolute atomic E-state index is 10.9. The molecule has 19 heavy (non-hydrogen) atoms. The van der Waals surface area contributed by atoms with Crippen molar-refractivity contribution in [2.24, 2.45) is 5.18 Å². The predicted molar refractivity (Wildman–Crippen MR) is 76.0 cm³/mol. The Hall–Kier alpha value is -1.88. The highest BCUT2D eigenvalue weighted by Gasteiger charge is 2.17. The second-order valence-corrected chi connectivity index (χ2v) is 4.64. The van der Waals surface area contributed by atoms with E-state index in [-0.39, 0.29) is 11.6 Å². The number of likely N-dealkylation sites (N-methyl/N-ethyl adjacent to an activating group) is 1. The lowest BCUT2D eigenvalue weighted by atomic mass is 10.2. The summed E-state index contributed by atoms with van der Waals surface area (Å²) in [5, 5.41) is 13.8. The average Bonchev–Trinajstić information content (AvgIpc) is 2.72. The number of nitrogens with zero attached hydrogens (tertiary/aromatic N) is 2. The lowest BCUT2D eigenvalue weighted by Gasteiger charge is -2.16. The Balaban J connectivity index is 2.37. The number of nitrogens with one attached hydrogen (secondary N) is 1. The van der Waals surface area contributed by atoms with Gasteiger partial charge in [-0.25, -0.2) is 0 Å². The fourth-order valence-corrected chi connectivity index (χ4v) is 2.46. The summed E-state index contributed by atoms with van der Waals surface area (Å²) < 4.78 is 1.78. The normalized spacial score (nSPS) is 11.3. The van der Waals surface area contributed by atoms with Crippen molar-refractivity contribution in [3.63, 3.8) is 0 Å². The van der Waals surface area contributed by atoms with Gasteiger partial charge in [0.05, 0.1) is 31.7 Å². The molecule has 0 aliphatic heterocycles. The van der Waals surface area contributed by atoms with Gasteiger partial charge in [-0.2, -0.15) is 0 Å². The number of aromatic nitrogens is 1. The zero-order chi connectivity index (χ0) is 13.8. The van der Waals surface area contributed by atoms with Crippen LogP contribution in [0.2, 0.25) is 0 Å². The maximum Gasteiger partial charge on any atom is 0.222 e. The molecule has 0 aliphatic rings. The van der Waals surface area contributed by atoms with Crippen LogP contribution in [0.25, 0.3) is 10.9 Å². The molecule has 102 valence electrons. The quantitative estimate of drug-likeness (QED) is 0.778. The number of hydrogen-bond donors (Lipinski definition) is 2. The van der Waals surface area contributed by atoms with Gasteiger partial charge in [0.2, 0.25) is 5.88 Å². The van der Waals surface area contributed by atoms with Crippen LogP contribution in [0.1, 0.15) is 13.8 Å². The summed E-state index contributed by atoms with van der Waals surface area (Å²) >= 11 is 0. The Labute approximate surface area is 112 Å². The van der Waals surface area contributed by atoms with Crippen molar-refractivity contribution < 1.29 is 10.0 Å². The monoisotopic (exact) mass is 262 g/mol. The lowest BCUT2D eigenvalue weighted by Crippen LogP contribution is -3.11. The van der Waals surface area contributed by atoms with E-state index in [0.29, 0.717) is 11.9 Å². The van der Waals surface area contributed by atoms with E-state index in [1.807, 2.05) is 24.3 Å². The van der Waals surface area contributed by atoms with E-state index < -0.39 is 0 Å². The molecule has 0 unspecified atom stereocenters. The summed E-state index contributed by atoms with van der Waals surface area (Å²) in [6, 6.07) is 7.46. The van der Waals surface area contributed by atoms with E-state index in [4.69, 9.17) is 0 Å². The summed E-state index contributed by atoms with van der Waals surface area (Å²) in [6.45, 7) is 7.98. The summed E-state index contributed by atoms with van der Waals surface area (Å²) in [7, 11) is 0. The number of nitroso groups, excluding NO2 is 1. The van der Waals surface area contributed by atoms with Gasteiger partial charge in [0, 0.05) is 5.39 Å². The zero-order valence-electron chi connectivity index (χ0n) is 11.4. The van der Waals surface area contributed by atoms with Crippen LogP contribution in [0, 0.1) is 4.91 Å². The van der Waals surface area contributed by atoms with E-state index in [2.05, 4.69) is 19.0 Å². The molecule has 2 aromatic rings. The molecule has 0 fully saturated rings. The number of rotatable bonds is 6. The summed E-state index contributed by atoms with van der Waals surface area (Å²) in [6.07, 6.45) is 0. The minimum atomic E-state index is -0.0252. The van der Waals surface area contributed by atoms with E-state index in [9.17, 15) is 10.0 Å². The van der Waals surface area contributed by atoms with E-state index >= 15 is 0 Å². The van der Waals surface area contributed by atoms with Crippen LogP contribution in [-0.4, -0.2) is 29.3 Å². The Bertz CT molecular complexity index is 573. The molecule has 1 heterocycles. The standard InChI is InChI=1S/C14H19N3O2/c1-3-16(4-2)9-10-17-12-8-6-5-7-11(12)13(15-19)14(17)18/h5-8,18H,3-4,9-10H2,1-2H3/p+1. The van der Waals surface area contributed by atoms with Gasteiger partial charge in [0.25, 0.3) is 0 Å². The van der Waals surface area contributed by atoms with Crippen LogP contribution in [0.4, 0.5) is 5.69 Å². The van der Waals surface area contributed by atoms with Crippen molar-refractivity contribution in [3.8, 4) is 5.88 Å². The molecule has 0 saturated heterocycles. The topological polar surface area (TPSA) is 59.0 Å². The summed E-state index contributed by atoms with van der Waals surface area (Å²) in [5.41, 5.74) is 1.01. The first-order chi connectivity index (χ1) is 9.22. The molecule has 0 saturated carbocycles. The number of para-hydroxylation sites is 1. The first-order valence-corrected chi connectivity index (χ1v) is 6.70. The van der Waals surface area contributed by atoms with Crippen LogP contribution < -0.4 is 4.90 Å². The molecule has 0 atom stereocenters. The number of quaternary nitrogens is 1. The van der Waals surface area contributed by atoms with Gasteiger partial charge in [-0.1, -0.05) is 18.2 Å². The SMILES string of the molecule is CC[NH+](CC)CCn1c(O)c(N=O)c2ccccc21. The second-order valence-electron chi connectivity index (χ2n) is 4.64. The minimum absolute atomic E-state index is 0.0252. The highest BCUT2D eigenvalue weighted by atomic mass is 16.3. The first-order valence-electron chi connectivity index (χ1n) is 6.70. The third kappa shape index (κ3) is 2.46. The molecule has 0 bridgehead atoms. The largest absolute Gasteiger partial charge is 0.493 e. The van der Waals surface area contributed by atoms with E-state index in [1.165, 1.54) is 4.90 Å². The Morgan fingerprint density at radius 2 is 1.95 bits per heavy atom. The van der Waals surface area contributed by atoms with Crippen LogP contribution >= 0.6 is 0 Å². The van der Waals surface area contributed by atoms with Gasteiger partial charge in [-0.05, 0) is 25.1 Å². The number of hydrogen-bond acceptors (Lipinski definition) is 3. The van der Waals surface area contributed by atoms with Crippen molar-refractivity contribution in [3.05, 3.63) is 29.2 Å². The van der Waals surface area contributed by atoms with Crippen molar-refractivity contribution in [1.29, 1.82) is 0 Å². The molecule has 0 amide bonds. The third-order valence-corrected chi connectivity index (χ3v) is 3.70. The zero-order valence-corrected chi connectivity index (χ0v) is 11.4. The molecular formula is C14H20N3O2+. The smallest absolute Gasteiger partial charge is 0.222 e. The molecule has 0 radical (unpaired) electrons. The molecule has 2 rings (SSSR count). The molecule has 1 aromatic heterocycles. The van der Waals surface area contributed by atoms with Crippen molar-refractivity contribution in [2.75, 3.05) is 19.6 Å². The van der Waals surface area contributed by atoms with Crippen LogP contribution in [-0.2, 0) is 6.54 Å². The fourth-order valence-electron chi connectivity index (χ4n) is 2.46. The van der Waals surface area contributed by atoms with Crippen molar-refractivity contribution >= 4 is 16.6 Å². The molecule has 0 aliphatic carbocycles. The molecule has 1 aromatic carbocycles. The molecule has 0 spiro atoms. The van der Waals surface area contributed by atoms with Crippen LogP contribution in [0.3, 0.4) is 0 Å². The van der Waals surface area contributed by atoms with E-state index in [0.717, 1.165) is 25.2 Å². The highest BCUT2D eigenvalue weighted by molar-refractivity contribution is 5.94. The second kappa shape index (κ2) is 5.84. The third-order valence-electron chi connectivity index (χ3n) is 3.70. The van der Waals surface area contributed by atoms with Gasteiger partial charge < -0.3 is 14.6 Å². The van der Waals surface area contributed by atoms with Gasteiger partial charge in [0.15, 0.2) is 5.69 Å². The Kier molecular flexibility index (Phi) is 4.16. The number of fused-ring (bicyclic) bond motifs is 1. The molecule has 2 N–H and O–H groups in total. The van der Waals surface area contributed by atoms with E-state index in [1.54, 1.807) is 4.57 Å². The Morgan fingerprint density at radius 3 is 2.58 bits per heavy atom. The average molecular weight is 262 g/mol. The predicted octanol–water partition coefficient (Wildman–Crippen LogP) is 1.67. The lowest BCUT2D eigenvalue weighted by molar-refractivity contribution is -0.897. The number of benzene rings is 1. The van der Waals surface area contributed by atoms with Gasteiger partial charge >= 0.3 is 0 Å². The molecule has 5 heteroatoms. The summed E-state index contributed by atoms with van der Waals surface area (Å²) in [4.78, 5) is 12.3. The van der Waals surface area contributed by atoms with Crippen molar-refractivity contribution in [1.82, 2.24) is 4.57 Å². The molecule has 5 nitrogen and oxygen atoms in total. The van der Waals surface area contributed by atoms with Gasteiger partial charge in [-0.15, -0.1) is 4.91 Å². The highest BCUT2D eigenvalue weighted by Crippen LogP contribution is 2.37. The maximum atomic E-state index is 10.9. The minimum Gasteiger partial charge on any atom is -0.493 e. The number of aromatic hydroxyl groups is 1. The van der Waals surface area contributed by atoms with Crippen LogP contribution in [0.5, 0.6) is 5.88 Å².